The molecule has 0 aliphatic carbocycles. The van der Waals surface area contributed by atoms with Gasteiger partial charge in [-0.2, -0.15) is 0 Å². The molecule has 1 heterocycles. The van der Waals surface area contributed by atoms with Gasteiger partial charge in [-0.25, -0.2) is 9.59 Å². The summed E-state index contributed by atoms with van der Waals surface area (Å²) in [5.74, 6) is -0.533. The molecule has 1 rings (SSSR count). The topological polar surface area (TPSA) is 98.1 Å². The van der Waals surface area contributed by atoms with Gasteiger partial charge in [-0.05, 0) is 0 Å². The summed E-state index contributed by atoms with van der Waals surface area (Å²) in [7, 11) is 2.77. The van der Waals surface area contributed by atoms with E-state index in [0.717, 1.165) is 0 Å². The predicted octanol–water partition coefficient (Wildman–Crippen LogP) is -1.21. The lowest BCUT2D eigenvalue weighted by Gasteiger charge is -2.05. The van der Waals surface area contributed by atoms with Crippen molar-refractivity contribution >= 4 is 12.0 Å². The van der Waals surface area contributed by atoms with E-state index in [9.17, 15) is 9.59 Å². The van der Waals surface area contributed by atoms with Crippen LogP contribution in [0.3, 0.4) is 0 Å². The number of nitrogens with zero attached hydrogens (tertiary/aromatic N) is 3. The van der Waals surface area contributed by atoms with Crippen LogP contribution >= 0.6 is 0 Å². The van der Waals surface area contributed by atoms with Crippen LogP contribution in [0.1, 0.15) is 10.6 Å². The van der Waals surface area contributed by atoms with Gasteiger partial charge < -0.3 is 15.4 Å². The van der Waals surface area contributed by atoms with Crippen LogP contribution in [0.2, 0.25) is 0 Å². The van der Waals surface area contributed by atoms with E-state index < -0.39 is 5.97 Å². The SMILES string of the molecule is CNC(=O)NCCn1[c]nnc1C(=O)OC. The number of carbonyl (C=O) groups is 2. The monoisotopic (exact) mass is 226 g/mol. The molecule has 0 unspecified atom stereocenters. The zero-order chi connectivity index (χ0) is 12.0. The van der Waals surface area contributed by atoms with E-state index in [4.69, 9.17) is 0 Å². The minimum absolute atomic E-state index is 0.0567. The maximum atomic E-state index is 11.2. The molecule has 0 aliphatic rings. The number of amides is 2. The van der Waals surface area contributed by atoms with Crippen molar-refractivity contribution in [1.82, 2.24) is 25.4 Å². The number of carbonyl (C=O) groups excluding carboxylic acids is 2. The largest absolute Gasteiger partial charge is 0.463 e. The zero-order valence-electron chi connectivity index (χ0n) is 8.98. The second-order valence-corrected chi connectivity index (χ2v) is 2.77. The maximum absolute atomic E-state index is 11.2. The summed E-state index contributed by atoms with van der Waals surface area (Å²) in [6.07, 6.45) is 2.50. The quantitative estimate of drug-likeness (QED) is 0.628. The van der Waals surface area contributed by atoms with Crippen molar-refractivity contribution in [2.75, 3.05) is 20.7 Å². The number of hydrogen-bond acceptors (Lipinski definition) is 5. The predicted molar refractivity (Wildman–Crippen MR) is 52.7 cm³/mol. The molecule has 2 amide bonds. The van der Waals surface area contributed by atoms with Crippen LogP contribution in [-0.4, -0.2) is 47.5 Å². The van der Waals surface area contributed by atoms with Crippen LogP contribution in [-0.2, 0) is 11.3 Å². The van der Waals surface area contributed by atoms with Gasteiger partial charge >= 0.3 is 12.0 Å². The molecule has 8 nitrogen and oxygen atoms in total. The van der Waals surface area contributed by atoms with Gasteiger partial charge in [-0.1, -0.05) is 0 Å². The highest BCUT2D eigenvalue weighted by molar-refractivity contribution is 5.85. The van der Waals surface area contributed by atoms with E-state index in [0.29, 0.717) is 13.1 Å². The van der Waals surface area contributed by atoms with Gasteiger partial charge in [-0.15, -0.1) is 10.2 Å². The summed E-state index contributed by atoms with van der Waals surface area (Å²) in [6, 6.07) is -0.298. The lowest BCUT2D eigenvalue weighted by Crippen LogP contribution is -2.35. The lowest BCUT2D eigenvalue weighted by atomic mass is 10.5. The molecular weight excluding hydrogens is 214 g/mol. The van der Waals surface area contributed by atoms with Crippen molar-refractivity contribution in [3.05, 3.63) is 12.2 Å². The summed E-state index contributed by atoms with van der Waals surface area (Å²) in [5.41, 5.74) is 0. The molecule has 0 bridgehead atoms. The number of hydrogen-bond donors (Lipinski definition) is 2. The van der Waals surface area contributed by atoms with Crippen LogP contribution in [0.25, 0.3) is 0 Å². The Morgan fingerprint density at radius 3 is 2.94 bits per heavy atom. The molecule has 2 N–H and O–H groups in total. The molecule has 0 saturated carbocycles. The first kappa shape index (κ1) is 12.0. The minimum Gasteiger partial charge on any atom is -0.463 e. The maximum Gasteiger partial charge on any atom is 0.376 e. The van der Waals surface area contributed by atoms with Gasteiger partial charge in [0.2, 0.25) is 12.2 Å². The number of methoxy groups -OCH3 is 1. The fourth-order valence-corrected chi connectivity index (χ4v) is 0.993. The number of aromatic nitrogens is 3. The summed E-state index contributed by atoms with van der Waals surface area (Å²) >= 11 is 0. The Morgan fingerprint density at radius 2 is 2.31 bits per heavy atom. The standard InChI is InChI=1S/C8H12N5O3/c1-9-8(15)10-3-4-13-5-11-12-6(13)7(14)16-2/h3-4H2,1-2H3,(H2,9,10,15). The number of urea groups is 1. The van der Waals surface area contributed by atoms with Crippen LogP contribution in [0.5, 0.6) is 0 Å². The molecular formula is C8H12N5O3. The number of esters is 1. The average Bonchev–Trinajstić information content (AvgIpc) is 2.76. The Balaban J connectivity index is 2.51. The normalized spacial score (nSPS) is 9.62. The van der Waals surface area contributed by atoms with Crippen LogP contribution < -0.4 is 10.6 Å². The summed E-state index contributed by atoms with van der Waals surface area (Å²) in [5, 5.41) is 12.0. The highest BCUT2D eigenvalue weighted by atomic mass is 16.5. The second-order valence-electron chi connectivity index (χ2n) is 2.77. The highest BCUT2D eigenvalue weighted by Crippen LogP contribution is 1.95. The molecule has 1 aromatic rings. The van der Waals surface area contributed by atoms with Crippen LogP contribution in [0.15, 0.2) is 0 Å². The molecule has 16 heavy (non-hydrogen) atoms. The Labute approximate surface area is 92.0 Å². The molecule has 0 aromatic carbocycles. The third-order valence-corrected chi connectivity index (χ3v) is 1.78. The Kier molecular flexibility index (Phi) is 4.25. The fourth-order valence-electron chi connectivity index (χ4n) is 0.993. The molecule has 0 saturated heterocycles. The first-order valence-electron chi connectivity index (χ1n) is 4.53. The molecule has 0 spiro atoms. The first-order chi connectivity index (χ1) is 7.69. The summed E-state index contributed by atoms with van der Waals surface area (Å²) in [4.78, 5) is 22.0. The van der Waals surface area contributed by atoms with E-state index in [-0.39, 0.29) is 11.9 Å². The van der Waals surface area contributed by atoms with Gasteiger partial charge in [0, 0.05) is 20.1 Å². The molecule has 8 heteroatoms. The van der Waals surface area contributed by atoms with E-state index >= 15 is 0 Å². The van der Waals surface area contributed by atoms with Gasteiger partial charge in [0.05, 0.1) is 7.11 Å². The molecule has 1 aromatic heterocycles. The van der Waals surface area contributed by atoms with E-state index in [2.05, 4.69) is 31.9 Å². The van der Waals surface area contributed by atoms with E-state index in [1.807, 2.05) is 0 Å². The van der Waals surface area contributed by atoms with Crippen LogP contribution in [0, 0.1) is 6.33 Å². The van der Waals surface area contributed by atoms with Crippen molar-refractivity contribution in [3.8, 4) is 0 Å². The van der Waals surface area contributed by atoms with Crippen molar-refractivity contribution in [2.24, 2.45) is 0 Å². The van der Waals surface area contributed by atoms with Crippen molar-refractivity contribution in [2.45, 2.75) is 6.54 Å². The number of ether oxygens (including phenoxy) is 1. The molecule has 87 valence electrons. The fraction of sp³-hybridized carbons (Fsp3) is 0.500. The summed E-state index contributed by atoms with van der Waals surface area (Å²) in [6.45, 7) is 0.670. The van der Waals surface area contributed by atoms with E-state index in [1.54, 1.807) is 0 Å². The second kappa shape index (κ2) is 5.69. The third-order valence-electron chi connectivity index (χ3n) is 1.78. The van der Waals surface area contributed by atoms with E-state index in [1.165, 1.54) is 18.7 Å². The Hall–Kier alpha value is -2.12. The Bertz CT molecular complexity index is 376. The van der Waals surface area contributed by atoms with Gasteiger partial charge in [0.1, 0.15) is 0 Å². The first-order valence-corrected chi connectivity index (χ1v) is 4.53. The molecule has 1 radical (unpaired) electrons. The minimum atomic E-state index is -0.589. The zero-order valence-corrected chi connectivity index (χ0v) is 8.98. The highest BCUT2D eigenvalue weighted by Gasteiger charge is 2.14. The van der Waals surface area contributed by atoms with Gasteiger partial charge in [0.15, 0.2) is 0 Å². The Morgan fingerprint density at radius 1 is 1.56 bits per heavy atom. The van der Waals surface area contributed by atoms with Crippen molar-refractivity contribution in [1.29, 1.82) is 0 Å². The molecule has 0 atom stereocenters. The lowest BCUT2D eigenvalue weighted by molar-refractivity contribution is 0.0580. The third kappa shape index (κ3) is 2.94. The average molecular weight is 226 g/mol. The van der Waals surface area contributed by atoms with Gasteiger partial charge in [-0.3, -0.25) is 4.57 Å². The van der Waals surface area contributed by atoms with Gasteiger partial charge in [0.25, 0.3) is 0 Å². The van der Waals surface area contributed by atoms with Crippen molar-refractivity contribution in [3.63, 3.8) is 0 Å². The number of nitrogens with one attached hydrogen (secondary N) is 2. The van der Waals surface area contributed by atoms with Crippen LogP contribution in [0.4, 0.5) is 4.79 Å². The smallest absolute Gasteiger partial charge is 0.376 e. The number of rotatable bonds is 4. The molecule has 0 aliphatic heterocycles. The summed E-state index contributed by atoms with van der Waals surface area (Å²) < 4.78 is 5.88. The molecule has 0 fully saturated rings. The van der Waals surface area contributed by atoms with Crippen molar-refractivity contribution < 1.29 is 14.3 Å².